The van der Waals surface area contributed by atoms with E-state index in [9.17, 15) is 14.4 Å². The van der Waals surface area contributed by atoms with Crippen molar-refractivity contribution in [1.29, 1.82) is 0 Å². The van der Waals surface area contributed by atoms with Gasteiger partial charge in [-0.1, -0.05) is 37.3 Å². The average molecular weight is 323 g/mol. The highest BCUT2D eigenvalue weighted by atomic mass is 16.7. The minimum Gasteiger partial charge on any atom is -0.429 e. The molecule has 0 aromatic heterocycles. The van der Waals surface area contributed by atoms with Crippen molar-refractivity contribution < 1.29 is 23.9 Å². The Hall–Kier alpha value is -2.45. The number of hydrogen-bond donors (Lipinski definition) is 3. The number of hydrogen-bond acceptors (Lipinski definition) is 7. The molecule has 0 radical (unpaired) electrons. The van der Waals surface area contributed by atoms with Crippen LogP contribution in [0.3, 0.4) is 0 Å². The van der Waals surface area contributed by atoms with Gasteiger partial charge in [-0.2, -0.15) is 0 Å². The Kier molecular flexibility index (Phi) is 6.67. The maximum absolute atomic E-state index is 12.0. The molecule has 1 aromatic carbocycles. The molecule has 6 N–H and O–H groups in total. The molecule has 0 aliphatic rings. The summed E-state index contributed by atoms with van der Waals surface area (Å²) in [6, 6.07) is 7.76. The fourth-order valence-electron chi connectivity index (χ4n) is 1.79. The highest BCUT2D eigenvalue weighted by molar-refractivity contribution is 5.90. The van der Waals surface area contributed by atoms with Crippen LogP contribution >= 0.6 is 0 Å². The molecule has 1 amide bonds. The lowest BCUT2D eigenvalue weighted by atomic mass is 9.89. The number of benzene rings is 1. The number of ether oxygens (including phenoxy) is 2. The van der Waals surface area contributed by atoms with Gasteiger partial charge >= 0.3 is 12.1 Å². The summed E-state index contributed by atoms with van der Waals surface area (Å²) >= 11 is 0. The van der Waals surface area contributed by atoms with Crippen LogP contribution in [-0.2, 0) is 25.7 Å². The smallest absolute Gasteiger partial charge is 0.429 e. The van der Waals surface area contributed by atoms with E-state index in [1.807, 2.05) is 6.07 Å². The van der Waals surface area contributed by atoms with Crippen molar-refractivity contribution in [2.24, 2.45) is 17.2 Å². The van der Waals surface area contributed by atoms with Gasteiger partial charge in [-0.3, -0.25) is 4.79 Å². The van der Waals surface area contributed by atoms with Crippen molar-refractivity contribution in [3.63, 3.8) is 0 Å². The minimum absolute atomic E-state index is 0.0442. The molecule has 0 saturated carbocycles. The normalized spacial score (nSPS) is 14.4. The predicted octanol–water partition coefficient (Wildman–Crippen LogP) is 0.177. The zero-order valence-electron chi connectivity index (χ0n) is 12.9. The van der Waals surface area contributed by atoms with E-state index >= 15 is 0 Å². The molecule has 0 aliphatic heterocycles. The number of carbonyl (C=O) groups is 3. The molecule has 0 bridgehead atoms. The summed E-state index contributed by atoms with van der Waals surface area (Å²) in [6.45, 7) is 1.56. The first-order valence-corrected chi connectivity index (χ1v) is 7.05. The van der Waals surface area contributed by atoms with Crippen molar-refractivity contribution in [2.75, 3.05) is 0 Å². The van der Waals surface area contributed by atoms with Crippen LogP contribution < -0.4 is 17.2 Å². The van der Waals surface area contributed by atoms with Crippen LogP contribution in [0.2, 0.25) is 0 Å². The minimum atomic E-state index is -1.60. The van der Waals surface area contributed by atoms with Gasteiger partial charge in [-0.25, -0.2) is 9.59 Å². The van der Waals surface area contributed by atoms with Crippen molar-refractivity contribution in [2.45, 2.75) is 38.0 Å². The highest BCUT2D eigenvalue weighted by Crippen LogP contribution is 2.16. The Labute approximate surface area is 133 Å². The monoisotopic (exact) mass is 323 g/mol. The average Bonchev–Trinajstić information content (AvgIpc) is 2.53. The highest BCUT2D eigenvalue weighted by Gasteiger charge is 2.38. The summed E-state index contributed by atoms with van der Waals surface area (Å²) < 4.78 is 9.41. The van der Waals surface area contributed by atoms with Gasteiger partial charge < -0.3 is 26.7 Å². The lowest BCUT2D eigenvalue weighted by Crippen LogP contribution is -2.55. The number of carbonyl (C=O) groups excluding carboxylic acids is 3. The van der Waals surface area contributed by atoms with E-state index in [-0.39, 0.29) is 19.4 Å². The van der Waals surface area contributed by atoms with Crippen LogP contribution in [-0.4, -0.2) is 29.6 Å². The number of primary amides is 1. The lowest BCUT2D eigenvalue weighted by Gasteiger charge is -2.26. The second kappa shape index (κ2) is 8.25. The topological polar surface area (TPSA) is 148 Å². The van der Waals surface area contributed by atoms with Crippen LogP contribution in [0, 0.1) is 0 Å². The number of esters is 1. The second-order valence-corrected chi connectivity index (χ2v) is 5.14. The Morgan fingerprint density at radius 1 is 1.22 bits per heavy atom. The molecule has 2 atom stereocenters. The van der Waals surface area contributed by atoms with Crippen molar-refractivity contribution in [3.05, 3.63) is 35.9 Å². The molecule has 0 fully saturated rings. The quantitative estimate of drug-likeness (QED) is 0.478. The molecule has 1 rings (SSSR count). The molecular formula is C15H21N3O5. The Morgan fingerprint density at radius 3 is 2.35 bits per heavy atom. The predicted molar refractivity (Wildman–Crippen MR) is 81.7 cm³/mol. The van der Waals surface area contributed by atoms with Gasteiger partial charge in [-0.05, 0) is 12.0 Å². The third-order valence-electron chi connectivity index (χ3n) is 3.36. The van der Waals surface area contributed by atoms with E-state index in [2.05, 4.69) is 4.74 Å². The van der Waals surface area contributed by atoms with Crippen molar-refractivity contribution >= 4 is 18.0 Å². The standard InChI is InChI=1S/C15H21N3O5/c1-2-15(18,8-11(16)12(17)19)13(20)23-14(21)22-9-10-6-4-3-5-7-10/h3-7,11H,2,8-9,16,18H2,1H3,(H2,17,19)/t11-,15?/m0/s1. The molecule has 126 valence electrons. The van der Waals surface area contributed by atoms with Crippen molar-refractivity contribution in [3.8, 4) is 0 Å². The van der Waals surface area contributed by atoms with Gasteiger partial charge in [0, 0.05) is 6.42 Å². The van der Waals surface area contributed by atoms with Crippen LogP contribution in [0.15, 0.2) is 30.3 Å². The molecule has 1 aromatic rings. The van der Waals surface area contributed by atoms with Gasteiger partial charge in [0.2, 0.25) is 5.91 Å². The summed E-state index contributed by atoms with van der Waals surface area (Å²) in [6.07, 6.45) is -1.29. The third kappa shape index (κ3) is 5.68. The van der Waals surface area contributed by atoms with Crippen molar-refractivity contribution in [1.82, 2.24) is 0 Å². The first-order valence-electron chi connectivity index (χ1n) is 7.05. The van der Waals surface area contributed by atoms with Crippen LogP contribution in [0.5, 0.6) is 0 Å². The SMILES string of the molecule is CCC(N)(C[C@H](N)C(N)=O)C(=O)OC(=O)OCc1ccccc1. The van der Waals surface area contributed by atoms with E-state index in [4.69, 9.17) is 21.9 Å². The van der Waals surface area contributed by atoms with Gasteiger partial charge in [0.1, 0.15) is 12.1 Å². The molecule has 8 heteroatoms. The molecule has 0 aliphatic carbocycles. The maximum Gasteiger partial charge on any atom is 0.516 e. The summed E-state index contributed by atoms with van der Waals surface area (Å²) in [5.74, 6) is -1.82. The number of nitrogens with two attached hydrogens (primary N) is 3. The lowest BCUT2D eigenvalue weighted by molar-refractivity contribution is -0.147. The van der Waals surface area contributed by atoms with E-state index in [0.717, 1.165) is 5.56 Å². The van der Waals surface area contributed by atoms with Crippen LogP contribution in [0.1, 0.15) is 25.3 Å². The molecule has 0 spiro atoms. The summed E-state index contributed by atoms with van der Waals surface area (Å²) in [4.78, 5) is 34.6. The Morgan fingerprint density at radius 2 is 1.83 bits per heavy atom. The zero-order valence-corrected chi connectivity index (χ0v) is 12.9. The molecule has 0 saturated heterocycles. The molecule has 0 heterocycles. The molecule has 1 unspecified atom stereocenters. The molecule has 23 heavy (non-hydrogen) atoms. The van der Waals surface area contributed by atoms with Gasteiger partial charge in [-0.15, -0.1) is 0 Å². The number of amides is 1. The first kappa shape index (κ1) is 18.6. The Balaban J connectivity index is 2.57. The van der Waals surface area contributed by atoms with E-state index in [0.29, 0.717) is 0 Å². The van der Waals surface area contributed by atoms with Gasteiger partial charge in [0.05, 0.1) is 6.04 Å². The van der Waals surface area contributed by atoms with Gasteiger partial charge in [0.15, 0.2) is 0 Å². The van der Waals surface area contributed by atoms with Crippen LogP contribution in [0.4, 0.5) is 4.79 Å². The zero-order chi connectivity index (χ0) is 17.5. The first-order chi connectivity index (χ1) is 10.8. The van der Waals surface area contributed by atoms with E-state index in [1.54, 1.807) is 31.2 Å². The summed E-state index contributed by atoms with van der Waals surface area (Å²) in [5, 5.41) is 0. The van der Waals surface area contributed by atoms with Crippen LogP contribution in [0.25, 0.3) is 0 Å². The van der Waals surface area contributed by atoms with E-state index < -0.39 is 29.6 Å². The third-order valence-corrected chi connectivity index (χ3v) is 3.36. The number of rotatable bonds is 7. The molecular weight excluding hydrogens is 302 g/mol. The fourth-order valence-corrected chi connectivity index (χ4v) is 1.79. The van der Waals surface area contributed by atoms with Gasteiger partial charge in [0.25, 0.3) is 0 Å². The summed E-state index contributed by atoms with van der Waals surface area (Å²) in [5.41, 5.74) is 15.6. The maximum atomic E-state index is 12.0. The second-order valence-electron chi connectivity index (χ2n) is 5.14. The Bertz CT molecular complexity index is 563. The fraction of sp³-hybridized carbons (Fsp3) is 0.400. The largest absolute Gasteiger partial charge is 0.516 e. The van der Waals surface area contributed by atoms with E-state index in [1.165, 1.54) is 0 Å². The summed E-state index contributed by atoms with van der Waals surface area (Å²) in [7, 11) is 0. The molecule has 8 nitrogen and oxygen atoms in total.